The van der Waals surface area contributed by atoms with Crippen LogP contribution in [0, 0.1) is 5.92 Å². The highest BCUT2D eigenvalue weighted by molar-refractivity contribution is 5.90. The number of piperidine rings is 1. The quantitative estimate of drug-likeness (QED) is 0.566. The van der Waals surface area contributed by atoms with Gasteiger partial charge in [0, 0.05) is 24.2 Å². The number of ether oxygens (including phenoxy) is 1. The lowest BCUT2D eigenvalue weighted by Crippen LogP contribution is -2.40. The monoisotopic (exact) mass is 408 g/mol. The lowest BCUT2D eigenvalue weighted by Gasteiger charge is -2.29. The van der Waals surface area contributed by atoms with Crippen LogP contribution in [0.25, 0.3) is 22.0 Å². The van der Waals surface area contributed by atoms with Gasteiger partial charge in [0.2, 0.25) is 6.86 Å². The second-order valence-electron chi connectivity index (χ2n) is 8.29. The van der Waals surface area contributed by atoms with E-state index in [2.05, 4.69) is 20.8 Å². The fourth-order valence-electron chi connectivity index (χ4n) is 4.78. The second kappa shape index (κ2) is 8.07. The minimum atomic E-state index is -0.885. The number of halogens is 1. The number of phenols is 1. The Morgan fingerprint density at radius 2 is 1.87 bits per heavy atom. The summed E-state index contributed by atoms with van der Waals surface area (Å²) >= 11 is 0. The van der Waals surface area contributed by atoms with Crippen molar-refractivity contribution >= 4 is 16.6 Å². The molecular formula is C23H25FN4O2. The van der Waals surface area contributed by atoms with E-state index in [4.69, 9.17) is 4.74 Å². The Hall–Kier alpha value is -2.93. The van der Waals surface area contributed by atoms with Crippen LogP contribution in [-0.4, -0.2) is 40.8 Å². The molecule has 3 heterocycles. The summed E-state index contributed by atoms with van der Waals surface area (Å²) in [5.74, 6) is 1.94. The van der Waals surface area contributed by atoms with Gasteiger partial charge in [-0.1, -0.05) is 6.07 Å². The Balaban J connectivity index is 1.29. The smallest absolute Gasteiger partial charge is 0.228 e. The standard InChI is InChI=1S/C23H25FN4O2/c24-13-30-19-4-1-15-10-20(22(29)11-16(15)9-19)21-5-6-23(28-27-21)25-12-14-7-17-2-3-18(8-14)26-17/h1,4-6,9-11,14,17-18,26,29H,2-3,7-8,12-13H2,(H,25,28). The van der Waals surface area contributed by atoms with E-state index in [0.29, 0.717) is 35.0 Å². The number of fused-ring (bicyclic) bond motifs is 3. The molecule has 2 bridgehead atoms. The van der Waals surface area contributed by atoms with Crippen LogP contribution in [-0.2, 0) is 0 Å². The lowest BCUT2D eigenvalue weighted by atomic mass is 9.92. The van der Waals surface area contributed by atoms with E-state index in [9.17, 15) is 9.50 Å². The number of anilines is 1. The van der Waals surface area contributed by atoms with Crippen LogP contribution in [0.3, 0.4) is 0 Å². The van der Waals surface area contributed by atoms with Gasteiger partial charge < -0.3 is 20.5 Å². The average Bonchev–Trinajstić information content (AvgIpc) is 3.10. The van der Waals surface area contributed by atoms with E-state index in [1.807, 2.05) is 24.3 Å². The molecule has 3 aromatic rings. The van der Waals surface area contributed by atoms with Crippen LogP contribution in [0.4, 0.5) is 10.2 Å². The zero-order valence-electron chi connectivity index (χ0n) is 16.6. The van der Waals surface area contributed by atoms with Gasteiger partial charge in [-0.25, -0.2) is 4.39 Å². The zero-order valence-corrected chi connectivity index (χ0v) is 16.6. The Morgan fingerprint density at radius 3 is 2.60 bits per heavy atom. The SMILES string of the molecule is Oc1cc2cc(OCF)ccc2cc1-c1ccc(NCC2CC3CCC(C2)N3)nn1. The third kappa shape index (κ3) is 3.89. The average molecular weight is 408 g/mol. The van der Waals surface area contributed by atoms with Crippen molar-refractivity contribution in [3.8, 4) is 22.8 Å². The van der Waals surface area contributed by atoms with Gasteiger partial charge in [-0.3, -0.25) is 0 Å². The van der Waals surface area contributed by atoms with Crippen LogP contribution in [0.15, 0.2) is 42.5 Å². The highest BCUT2D eigenvalue weighted by Gasteiger charge is 2.33. The van der Waals surface area contributed by atoms with Crippen molar-refractivity contribution in [1.82, 2.24) is 15.5 Å². The van der Waals surface area contributed by atoms with Gasteiger partial charge in [0.1, 0.15) is 17.3 Å². The summed E-state index contributed by atoms with van der Waals surface area (Å²) in [7, 11) is 0. The molecule has 7 heteroatoms. The van der Waals surface area contributed by atoms with Gasteiger partial charge in [0.15, 0.2) is 0 Å². The highest BCUT2D eigenvalue weighted by atomic mass is 19.1. The fraction of sp³-hybridized carbons (Fsp3) is 0.391. The Labute approximate surface area is 174 Å². The van der Waals surface area contributed by atoms with Gasteiger partial charge in [0.25, 0.3) is 0 Å². The second-order valence-corrected chi connectivity index (χ2v) is 8.29. The van der Waals surface area contributed by atoms with E-state index in [1.165, 1.54) is 25.7 Å². The zero-order chi connectivity index (χ0) is 20.5. The Kier molecular flexibility index (Phi) is 5.12. The van der Waals surface area contributed by atoms with Crippen molar-refractivity contribution in [3.63, 3.8) is 0 Å². The van der Waals surface area contributed by atoms with Crippen molar-refractivity contribution in [2.45, 2.75) is 37.8 Å². The summed E-state index contributed by atoms with van der Waals surface area (Å²) in [5, 5.41) is 27.8. The summed E-state index contributed by atoms with van der Waals surface area (Å²) in [4.78, 5) is 0. The fourth-order valence-corrected chi connectivity index (χ4v) is 4.78. The van der Waals surface area contributed by atoms with Gasteiger partial charge in [-0.05, 0) is 78.8 Å². The molecule has 3 N–H and O–H groups in total. The van der Waals surface area contributed by atoms with Crippen molar-refractivity contribution in [1.29, 1.82) is 0 Å². The number of nitrogens with one attached hydrogen (secondary N) is 2. The van der Waals surface area contributed by atoms with Crippen LogP contribution in [0.2, 0.25) is 0 Å². The van der Waals surface area contributed by atoms with Gasteiger partial charge >= 0.3 is 0 Å². The minimum absolute atomic E-state index is 0.0973. The number of alkyl halides is 1. The molecule has 0 amide bonds. The number of benzene rings is 2. The maximum Gasteiger partial charge on any atom is 0.228 e. The summed E-state index contributed by atoms with van der Waals surface area (Å²) in [6, 6.07) is 13.8. The van der Waals surface area contributed by atoms with Crippen molar-refractivity contribution < 1.29 is 14.2 Å². The summed E-state index contributed by atoms with van der Waals surface area (Å²) in [5.41, 5.74) is 1.21. The van der Waals surface area contributed by atoms with E-state index >= 15 is 0 Å². The van der Waals surface area contributed by atoms with Crippen LogP contribution < -0.4 is 15.4 Å². The van der Waals surface area contributed by atoms with Crippen molar-refractivity contribution in [2.24, 2.45) is 5.92 Å². The van der Waals surface area contributed by atoms with Crippen LogP contribution in [0.5, 0.6) is 11.5 Å². The number of hydrogen-bond donors (Lipinski definition) is 3. The first kappa shape index (κ1) is 19.1. The number of nitrogens with zero attached hydrogens (tertiary/aromatic N) is 2. The van der Waals surface area contributed by atoms with Gasteiger partial charge in [-0.2, -0.15) is 0 Å². The van der Waals surface area contributed by atoms with Crippen molar-refractivity contribution in [2.75, 3.05) is 18.7 Å². The number of rotatable bonds is 6. The van der Waals surface area contributed by atoms with E-state index in [-0.39, 0.29) is 5.75 Å². The minimum Gasteiger partial charge on any atom is -0.507 e. The largest absolute Gasteiger partial charge is 0.507 e. The molecule has 2 saturated heterocycles. The Morgan fingerprint density at radius 1 is 1.03 bits per heavy atom. The molecule has 0 saturated carbocycles. The molecule has 2 aliphatic rings. The summed E-state index contributed by atoms with van der Waals surface area (Å²) in [6.07, 6.45) is 5.04. The van der Waals surface area contributed by atoms with Gasteiger partial charge in [0.05, 0.1) is 5.69 Å². The Bertz CT molecular complexity index is 1030. The van der Waals surface area contributed by atoms with E-state index in [0.717, 1.165) is 23.1 Å². The molecule has 1 aromatic heterocycles. The summed E-state index contributed by atoms with van der Waals surface area (Å²) in [6.45, 7) is 0.0254. The molecular weight excluding hydrogens is 383 g/mol. The predicted molar refractivity (Wildman–Crippen MR) is 114 cm³/mol. The third-order valence-electron chi connectivity index (χ3n) is 6.23. The third-order valence-corrected chi connectivity index (χ3v) is 6.23. The molecule has 0 spiro atoms. The van der Waals surface area contributed by atoms with Crippen LogP contribution >= 0.6 is 0 Å². The first-order valence-electron chi connectivity index (χ1n) is 10.5. The molecule has 2 fully saturated rings. The van der Waals surface area contributed by atoms with Crippen LogP contribution in [0.1, 0.15) is 25.7 Å². The molecule has 2 atom stereocenters. The predicted octanol–water partition coefficient (Wildman–Crippen LogP) is 4.25. The van der Waals surface area contributed by atoms with E-state index < -0.39 is 6.86 Å². The molecule has 2 aromatic carbocycles. The lowest BCUT2D eigenvalue weighted by molar-refractivity contribution is 0.192. The maximum absolute atomic E-state index is 12.4. The highest BCUT2D eigenvalue weighted by Crippen LogP contribution is 2.34. The molecule has 2 aliphatic heterocycles. The van der Waals surface area contributed by atoms with E-state index in [1.54, 1.807) is 18.2 Å². The first-order chi connectivity index (χ1) is 14.7. The molecule has 156 valence electrons. The maximum atomic E-state index is 12.4. The molecule has 5 rings (SSSR count). The summed E-state index contributed by atoms with van der Waals surface area (Å²) < 4.78 is 17.3. The van der Waals surface area contributed by atoms with Crippen molar-refractivity contribution in [3.05, 3.63) is 42.5 Å². The molecule has 6 nitrogen and oxygen atoms in total. The normalized spacial score (nSPS) is 22.9. The number of phenolic OH excluding ortho intramolecular Hbond substituents is 1. The number of aromatic nitrogens is 2. The number of hydrogen-bond acceptors (Lipinski definition) is 6. The molecule has 2 unspecified atom stereocenters. The molecule has 0 radical (unpaired) electrons. The van der Waals surface area contributed by atoms with Gasteiger partial charge in [-0.15, -0.1) is 10.2 Å². The topological polar surface area (TPSA) is 79.3 Å². The molecule has 0 aliphatic carbocycles. The first-order valence-corrected chi connectivity index (χ1v) is 10.5. The molecule has 30 heavy (non-hydrogen) atoms. The number of aromatic hydroxyl groups is 1.